The van der Waals surface area contributed by atoms with Crippen LogP contribution in [0, 0.1) is 17.8 Å². The first-order valence-corrected chi connectivity index (χ1v) is 6.86. The van der Waals surface area contributed by atoms with Crippen molar-refractivity contribution in [2.24, 2.45) is 17.8 Å². The fourth-order valence-electron chi connectivity index (χ4n) is 3.28. The summed E-state index contributed by atoms with van der Waals surface area (Å²) in [4.78, 5) is 0. The van der Waals surface area contributed by atoms with Gasteiger partial charge < -0.3 is 0 Å². The van der Waals surface area contributed by atoms with Gasteiger partial charge in [0.25, 0.3) is 0 Å². The predicted molar refractivity (Wildman–Crippen MR) is 64.4 cm³/mol. The molecule has 0 heterocycles. The van der Waals surface area contributed by atoms with Crippen LogP contribution >= 0.6 is 0 Å². The molecule has 0 radical (unpaired) electrons. The first kappa shape index (κ1) is 12.1. The van der Waals surface area contributed by atoms with Gasteiger partial charge in [-0.2, -0.15) is 0 Å². The molecular formula is C14H28. The zero-order chi connectivity index (χ0) is 10.4. The van der Waals surface area contributed by atoms with Gasteiger partial charge in [-0.3, -0.25) is 0 Å². The van der Waals surface area contributed by atoms with Gasteiger partial charge in [-0.15, -0.1) is 0 Å². The van der Waals surface area contributed by atoms with Crippen LogP contribution in [-0.2, 0) is 0 Å². The average Bonchev–Trinajstić information content (AvgIpc) is 2.45. The Bertz CT molecular complexity index is 139. The molecule has 0 saturated heterocycles. The van der Waals surface area contributed by atoms with Crippen molar-refractivity contribution in [2.45, 2.75) is 72.1 Å². The van der Waals surface area contributed by atoms with Crippen molar-refractivity contribution in [3.63, 3.8) is 0 Å². The summed E-state index contributed by atoms with van der Waals surface area (Å²) in [6.07, 6.45) is 12.3. The largest absolute Gasteiger partial charge is 0.0683 e. The predicted octanol–water partition coefficient (Wildman–Crippen LogP) is 5.03. The summed E-state index contributed by atoms with van der Waals surface area (Å²) in [5.41, 5.74) is 0. The standard InChI is InChI=1S/C12H22.C2H6/c1-10-7-8-11-5-3-2-4-6-12(11)9-10;1-2/h10-12H,2-9H2,1H3;1-2H3. The third-order valence-electron chi connectivity index (χ3n) is 4.05. The maximum atomic E-state index is 2.45. The highest BCUT2D eigenvalue weighted by molar-refractivity contribution is 4.80. The molecule has 2 saturated carbocycles. The van der Waals surface area contributed by atoms with Crippen LogP contribution in [0.2, 0.25) is 0 Å². The Balaban J connectivity index is 0.000000461. The zero-order valence-corrected chi connectivity index (χ0v) is 10.4. The first-order chi connectivity index (χ1) is 6.86. The minimum absolute atomic E-state index is 1.03. The van der Waals surface area contributed by atoms with Crippen molar-refractivity contribution in [2.75, 3.05) is 0 Å². The smallest absolute Gasteiger partial charge is 0.0383 e. The van der Waals surface area contributed by atoms with E-state index < -0.39 is 0 Å². The number of hydrogen-bond acceptors (Lipinski definition) is 0. The van der Waals surface area contributed by atoms with Crippen LogP contribution in [0.25, 0.3) is 0 Å². The molecule has 0 aliphatic heterocycles. The van der Waals surface area contributed by atoms with Crippen LogP contribution in [0.4, 0.5) is 0 Å². The summed E-state index contributed by atoms with van der Waals surface area (Å²) in [5.74, 6) is 3.28. The van der Waals surface area contributed by atoms with E-state index in [1.54, 1.807) is 25.7 Å². The van der Waals surface area contributed by atoms with E-state index in [-0.39, 0.29) is 0 Å². The van der Waals surface area contributed by atoms with E-state index in [2.05, 4.69) is 6.92 Å². The molecule has 0 bridgehead atoms. The van der Waals surface area contributed by atoms with Gasteiger partial charge in [-0.1, -0.05) is 59.3 Å². The van der Waals surface area contributed by atoms with E-state index in [1.807, 2.05) is 13.8 Å². The van der Waals surface area contributed by atoms with E-state index in [0.29, 0.717) is 0 Å². The van der Waals surface area contributed by atoms with E-state index in [1.165, 1.54) is 25.7 Å². The molecular weight excluding hydrogens is 168 g/mol. The zero-order valence-electron chi connectivity index (χ0n) is 10.4. The molecule has 2 aliphatic carbocycles. The Hall–Kier alpha value is 0. The lowest BCUT2D eigenvalue weighted by Gasteiger charge is -2.33. The van der Waals surface area contributed by atoms with Crippen LogP contribution in [0.1, 0.15) is 72.1 Å². The van der Waals surface area contributed by atoms with Crippen molar-refractivity contribution in [3.05, 3.63) is 0 Å². The molecule has 0 aromatic carbocycles. The molecule has 0 nitrogen and oxygen atoms in total. The molecule has 2 fully saturated rings. The number of rotatable bonds is 0. The van der Waals surface area contributed by atoms with E-state index in [0.717, 1.165) is 17.8 Å². The Kier molecular flexibility index (Phi) is 5.59. The maximum absolute atomic E-state index is 2.45. The van der Waals surface area contributed by atoms with Gasteiger partial charge in [0, 0.05) is 0 Å². The summed E-state index contributed by atoms with van der Waals surface area (Å²) in [6, 6.07) is 0. The van der Waals surface area contributed by atoms with Gasteiger partial charge in [0.05, 0.1) is 0 Å². The third-order valence-corrected chi connectivity index (χ3v) is 4.05. The molecule has 3 atom stereocenters. The maximum Gasteiger partial charge on any atom is -0.0383 e. The lowest BCUT2D eigenvalue weighted by molar-refractivity contribution is 0.179. The highest BCUT2D eigenvalue weighted by Gasteiger charge is 2.28. The third kappa shape index (κ3) is 3.29. The van der Waals surface area contributed by atoms with Gasteiger partial charge in [0.15, 0.2) is 0 Å². The van der Waals surface area contributed by atoms with Crippen molar-refractivity contribution < 1.29 is 0 Å². The van der Waals surface area contributed by atoms with E-state index >= 15 is 0 Å². The molecule has 0 amide bonds. The summed E-state index contributed by atoms with van der Waals surface area (Å²) in [5, 5.41) is 0. The molecule has 0 aromatic rings. The molecule has 0 aromatic heterocycles. The second kappa shape index (κ2) is 6.48. The van der Waals surface area contributed by atoms with Crippen molar-refractivity contribution in [1.29, 1.82) is 0 Å². The van der Waals surface area contributed by atoms with Gasteiger partial charge in [0.2, 0.25) is 0 Å². The monoisotopic (exact) mass is 196 g/mol. The van der Waals surface area contributed by atoms with Gasteiger partial charge >= 0.3 is 0 Å². The normalized spacial score (nSPS) is 37.5. The Morgan fingerprint density at radius 3 is 2.07 bits per heavy atom. The quantitative estimate of drug-likeness (QED) is 0.510. The van der Waals surface area contributed by atoms with Gasteiger partial charge in [-0.05, 0) is 30.6 Å². The fraction of sp³-hybridized carbons (Fsp3) is 1.00. The van der Waals surface area contributed by atoms with Crippen LogP contribution < -0.4 is 0 Å². The molecule has 0 spiro atoms. The molecule has 0 heteroatoms. The van der Waals surface area contributed by atoms with E-state index in [4.69, 9.17) is 0 Å². The first-order valence-electron chi connectivity index (χ1n) is 6.86. The molecule has 2 aliphatic rings. The number of hydrogen-bond donors (Lipinski definition) is 0. The SMILES string of the molecule is CC.CC1CCC2CCCCCC2C1. The fourth-order valence-corrected chi connectivity index (χ4v) is 3.28. The highest BCUT2D eigenvalue weighted by atomic mass is 14.3. The van der Waals surface area contributed by atoms with Crippen LogP contribution in [0.3, 0.4) is 0 Å². The van der Waals surface area contributed by atoms with Crippen molar-refractivity contribution in [3.8, 4) is 0 Å². The topological polar surface area (TPSA) is 0 Å². The average molecular weight is 196 g/mol. The van der Waals surface area contributed by atoms with Crippen molar-refractivity contribution in [1.82, 2.24) is 0 Å². The van der Waals surface area contributed by atoms with Gasteiger partial charge in [0.1, 0.15) is 0 Å². The Morgan fingerprint density at radius 1 is 0.714 bits per heavy atom. The molecule has 84 valence electrons. The second-order valence-corrected chi connectivity index (χ2v) is 5.08. The van der Waals surface area contributed by atoms with E-state index in [9.17, 15) is 0 Å². The molecule has 0 N–H and O–H groups in total. The summed E-state index contributed by atoms with van der Waals surface area (Å²) in [7, 11) is 0. The molecule has 2 rings (SSSR count). The van der Waals surface area contributed by atoms with Crippen LogP contribution in [0.15, 0.2) is 0 Å². The Labute approximate surface area is 90.5 Å². The highest BCUT2D eigenvalue weighted by Crippen LogP contribution is 2.41. The summed E-state index contributed by atoms with van der Waals surface area (Å²) in [6.45, 7) is 6.45. The van der Waals surface area contributed by atoms with Crippen LogP contribution in [-0.4, -0.2) is 0 Å². The lowest BCUT2D eigenvalue weighted by atomic mass is 9.72. The van der Waals surface area contributed by atoms with Crippen molar-refractivity contribution >= 4 is 0 Å². The molecule has 3 unspecified atom stereocenters. The number of fused-ring (bicyclic) bond motifs is 1. The molecule has 14 heavy (non-hydrogen) atoms. The summed E-state index contributed by atoms with van der Waals surface area (Å²) >= 11 is 0. The van der Waals surface area contributed by atoms with Crippen LogP contribution in [0.5, 0.6) is 0 Å². The minimum atomic E-state index is 1.03. The second-order valence-electron chi connectivity index (χ2n) is 5.08. The Morgan fingerprint density at radius 2 is 1.36 bits per heavy atom. The minimum Gasteiger partial charge on any atom is -0.0683 e. The lowest BCUT2D eigenvalue weighted by Crippen LogP contribution is -2.22. The summed E-state index contributed by atoms with van der Waals surface area (Å²) < 4.78 is 0. The van der Waals surface area contributed by atoms with Gasteiger partial charge in [-0.25, -0.2) is 0 Å².